The van der Waals surface area contributed by atoms with Crippen LogP contribution in [0.3, 0.4) is 0 Å². The van der Waals surface area contributed by atoms with E-state index in [9.17, 15) is 4.79 Å². The summed E-state index contributed by atoms with van der Waals surface area (Å²) in [6.07, 6.45) is 0. The average Bonchev–Trinajstić information content (AvgIpc) is 3.38. The van der Waals surface area contributed by atoms with Gasteiger partial charge in [0.2, 0.25) is 12.7 Å². The maximum Gasteiger partial charge on any atom is 0.231 e. The lowest BCUT2D eigenvalue weighted by molar-refractivity contribution is -0.119. The molecular weight excluding hydrogens is 388 g/mol. The molecule has 1 aliphatic heterocycles. The Morgan fingerprint density at radius 2 is 1.97 bits per heavy atom. The zero-order valence-electron chi connectivity index (χ0n) is 16.3. The Kier molecular flexibility index (Phi) is 5.71. The fourth-order valence-corrected chi connectivity index (χ4v) is 3.98. The Morgan fingerprint density at radius 3 is 2.76 bits per heavy atom. The molecule has 0 unspecified atom stereocenters. The van der Waals surface area contributed by atoms with Crippen molar-refractivity contribution in [2.24, 2.45) is 0 Å². The summed E-state index contributed by atoms with van der Waals surface area (Å²) in [7, 11) is 0. The third kappa shape index (κ3) is 4.22. The predicted octanol–water partition coefficient (Wildman–Crippen LogP) is 3.66. The maximum absolute atomic E-state index is 12.4. The van der Waals surface area contributed by atoms with Crippen LogP contribution in [0.25, 0.3) is 11.4 Å². The number of aromatic nitrogens is 3. The topological polar surface area (TPSA) is 78.3 Å². The van der Waals surface area contributed by atoms with E-state index in [4.69, 9.17) is 9.47 Å². The van der Waals surface area contributed by atoms with Crippen molar-refractivity contribution in [2.75, 3.05) is 12.5 Å². The smallest absolute Gasteiger partial charge is 0.231 e. The molecule has 2 heterocycles. The molecule has 0 bridgehead atoms. The van der Waals surface area contributed by atoms with E-state index in [2.05, 4.69) is 15.5 Å². The molecule has 2 aromatic carbocycles. The lowest BCUT2D eigenvalue weighted by atomic mass is 10.1. The van der Waals surface area contributed by atoms with E-state index in [-0.39, 0.29) is 24.5 Å². The number of thioether (sulfide) groups is 1. The summed E-state index contributed by atoms with van der Waals surface area (Å²) in [4.78, 5) is 12.4. The van der Waals surface area contributed by atoms with Crippen LogP contribution in [-0.2, 0) is 11.3 Å². The summed E-state index contributed by atoms with van der Waals surface area (Å²) in [5, 5.41) is 12.4. The number of nitrogens with one attached hydrogen (secondary N) is 1. The number of hydrogen-bond acceptors (Lipinski definition) is 6. The minimum Gasteiger partial charge on any atom is -0.454 e. The van der Waals surface area contributed by atoms with Crippen LogP contribution >= 0.6 is 11.8 Å². The fraction of sp³-hybridized carbons (Fsp3) is 0.286. The summed E-state index contributed by atoms with van der Waals surface area (Å²) in [5.74, 6) is 2.41. The van der Waals surface area contributed by atoms with Crippen LogP contribution in [0.1, 0.15) is 25.5 Å². The van der Waals surface area contributed by atoms with Crippen LogP contribution in [0.15, 0.2) is 53.7 Å². The number of amides is 1. The molecule has 8 heteroatoms. The second-order valence-electron chi connectivity index (χ2n) is 6.61. The third-order valence-corrected chi connectivity index (χ3v) is 5.64. The molecule has 3 aromatic rings. The van der Waals surface area contributed by atoms with E-state index in [0.29, 0.717) is 17.5 Å². The molecule has 1 aliphatic rings. The molecule has 4 rings (SSSR count). The van der Waals surface area contributed by atoms with Crippen molar-refractivity contribution in [1.29, 1.82) is 0 Å². The highest BCUT2D eigenvalue weighted by Crippen LogP contribution is 2.36. The maximum atomic E-state index is 12.4. The lowest BCUT2D eigenvalue weighted by Crippen LogP contribution is -2.28. The van der Waals surface area contributed by atoms with E-state index in [0.717, 1.165) is 22.7 Å². The largest absolute Gasteiger partial charge is 0.454 e. The van der Waals surface area contributed by atoms with Gasteiger partial charge in [-0.2, -0.15) is 0 Å². The van der Waals surface area contributed by atoms with Crippen molar-refractivity contribution in [1.82, 2.24) is 20.1 Å². The molecular formula is C21H22N4O3S. The van der Waals surface area contributed by atoms with Crippen molar-refractivity contribution < 1.29 is 14.3 Å². The molecule has 0 saturated heterocycles. The van der Waals surface area contributed by atoms with Crippen molar-refractivity contribution in [3.8, 4) is 22.9 Å². The van der Waals surface area contributed by atoms with Gasteiger partial charge in [0.1, 0.15) is 0 Å². The summed E-state index contributed by atoms with van der Waals surface area (Å²) >= 11 is 1.38. The first kappa shape index (κ1) is 19.3. The van der Waals surface area contributed by atoms with Crippen LogP contribution in [0.4, 0.5) is 0 Å². The van der Waals surface area contributed by atoms with E-state index in [1.54, 1.807) is 0 Å². The van der Waals surface area contributed by atoms with Gasteiger partial charge in [0.25, 0.3) is 0 Å². The van der Waals surface area contributed by atoms with Gasteiger partial charge < -0.3 is 19.4 Å². The Morgan fingerprint density at radius 1 is 1.17 bits per heavy atom. The molecule has 0 radical (unpaired) electrons. The molecule has 1 aromatic heterocycles. The average molecular weight is 410 g/mol. The number of nitrogens with zero attached hydrogens (tertiary/aromatic N) is 3. The minimum atomic E-state index is -0.0439. The summed E-state index contributed by atoms with van der Waals surface area (Å²) in [5.41, 5.74) is 1.98. The summed E-state index contributed by atoms with van der Waals surface area (Å²) in [6.45, 7) is 4.93. The second kappa shape index (κ2) is 8.57. The standard InChI is InChI=1S/C21H22N4O3S/c1-3-25-20(16-9-10-17-18(11-16)28-13-27-17)23-24-21(25)29-12-19(26)22-14(2)15-7-5-4-6-8-15/h4-11,14H,3,12-13H2,1-2H3,(H,22,26)/t14-/m0/s1. The molecule has 1 amide bonds. The van der Waals surface area contributed by atoms with E-state index in [1.807, 2.05) is 66.9 Å². The van der Waals surface area contributed by atoms with E-state index >= 15 is 0 Å². The molecule has 7 nitrogen and oxygen atoms in total. The molecule has 1 atom stereocenters. The van der Waals surface area contributed by atoms with Gasteiger partial charge in [0, 0.05) is 12.1 Å². The number of benzene rings is 2. The highest BCUT2D eigenvalue weighted by Gasteiger charge is 2.19. The zero-order chi connectivity index (χ0) is 20.2. The zero-order valence-corrected chi connectivity index (χ0v) is 17.1. The van der Waals surface area contributed by atoms with Crippen molar-refractivity contribution >= 4 is 17.7 Å². The molecule has 1 N–H and O–H groups in total. The Balaban J connectivity index is 1.42. The highest BCUT2D eigenvalue weighted by molar-refractivity contribution is 7.99. The fourth-order valence-electron chi connectivity index (χ4n) is 3.17. The number of fused-ring (bicyclic) bond motifs is 1. The van der Waals surface area contributed by atoms with Gasteiger partial charge >= 0.3 is 0 Å². The normalized spacial score (nSPS) is 13.3. The predicted molar refractivity (Wildman–Crippen MR) is 111 cm³/mol. The number of ether oxygens (including phenoxy) is 2. The molecule has 0 saturated carbocycles. The van der Waals surface area contributed by atoms with Crippen LogP contribution in [-0.4, -0.2) is 33.2 Å². The number of rotatable bonds is 7. The van der Waals surface area contributed by atoms with Gasteiger partial charge in [0.15, 0.2) is 22.5 Å². The quantitative estimate of drug-likeness (QED) is 0.599. The highest BCUT2D eigenvalue weighted by atomic mass is 32.2. The summed E-state index contributed by atoms with van der Waals surface area (Å²) < 4.78 is 12.8. The molecule has 0 fully saturated rings. The first-order chi connectivity index (χ1) is 14.2. The number of carbonyl (C=O) groups is 1. The molecule has 0 aliphatic carbocycles. The Bertz CT molecular complexity index is 1010. The van der Waals surface area contributed by atoms with Crippen molar-refractivity contribution in [2.45, 2.75) is 31.6 Å². The van der Waals surface area contributed by atoms with Gasteiger partial charge in [-0.25, -0.2) is 0 Å². The van der Waals surface area contributed by atoms with Gasteiger partial charge in [-0.05, 0) is 37.6 Å². The number of carbonyl (C=O) groups excluding carboxylic acids is 1. The van der Waals surface area contributed by atoms with E-state index in [1.165, 1.54) is 11.8 Å². The van der Waals surface area contributed by atoms with E-state index < -0.39 is 0 Å². The van der Waals surface area contributed by atoms with Gasteiger partial charge in [0.05, 0.1) is 11.8 Å². The first-order valence-corrected chi connectivity index (χ1v) is 10.4. The van der Waals surface area contributed by atoms with Crippen LogP contribution in [0.5, 0.6) is 11.5 Å². The second-order valence-corrected chi connectivity index (χ2v) is 7.55. The monoisotopic (exact) mass is 410 g/mol. The van der Waals surface area contributed by atoms with Crippen LogP contribution in [0.2, 0.25) is 0 Å². The van der Waals surface area contributed by atoms with Gasteiger partial charge in [-0.15, -0.1) is 10.2 Å². The summed E-state index contributed by atoms with van der Waals surface area (Å²) in [6, 6.07) is 15.6. The number of hydrogen-bond donors (Lipinski definition) is 1. The molecule has 150 valence electrons. The van der Waals surface area contributed by atoms with Gasteiger partial charge in [-0.3, -0.25) is 4.79 Å². The SMILES string of the molecule is CCn1c(SCC(=O)N[C@@H](C)c2ccccc2)nnc1-c1ccc2c(c1)OCO2. The van der Waals surface area contributed by atoms with Crippen LogP contribution < -0.4 is 14.8 Å². The van der Waals surface area contributed by atoms with Crippen molar-refractivity contribution in [3.63, 3.8) is 0 Å². The minimum absolute atomic E-state index is 0.0402. The molecule has 29 heavy (non-hydrogen) atoms. The Labute approximate surface area is 173 Å². The third-order valence-electron chi connectivity index (χ3n) is 4.67. The van der Waals surface area contributed by atoms with Crippen LogP contribution in [0, 0.1) is 0 Å². The van der Waals surface area contributed by atoms with Gasteiger partial charge in [-0.1, -0.05) is 42.1 Å². The van der Waals surface area contributed by atoms with Crippen molar-refractivity contribution in [3.05, 3.63) is 54.1 Å². The molecule has 0 spiro atoms. The Hall–Kier alpha value is -3.00. The lowest BCUT2D eigenvalue weighted by Gasteiger charge is -2.14. The first-order valence-electron chi connectivity index (χ1n) is 9.46.